The quantitative estimate of drug-likeness (QED) is 0.765. The van der Waals surface area contributed by atoms with Crippen LogP contribution in [0.25, 0.3) is 0 Å². The molecule has 3 nitrogen and oxygen atoms in total. The van der Waals surface area contributed by atoms with Gasteiger partial charge in [0.15, 0.2) is 0 Å². The number of carbonyl (C=O) groups is 1. The molecule has 0 atom stereocenters. The Bertz CT molecular complexity index is 373. The summed E-state index contributed by atoms with van der Waals surface area (Å²) in [5.74, 6) is 0.0807. The summed E-state index contributed by atoms with van der Waals surface area (Å²) in [4.78, 5) is 11.5. The Balaban J connectivity index is 2.64. The Morgan fingerprint density at radius 3 is 2.44 bits per heavy atom. The van der Waals surface area contributed by atoms with E-state index in [2.05, 4.69) is 24.5 Å². The molecule has 0 aliphatic rings. The molecule has 0 spiro atoms. The van der Waals surface area contributed by atoms with Crippen LogP contribution in [0.4, 0.5) is 11.4 Å². The minimum Gasteiger partial charge on any atom is -0.382 e. The van der Waals surface area contributed by atoms with Crippen LogP contribution < -0.4 is 10.6 Å². The third-order valence-corrected chi connectivity index (χ3v) is 2.98. The molecule has 0 bridgehead atoms. The molecule has 1 aromatic carbocycles. The number of nitrogens with one attached hydrogen (secondary N) is 2. The summed E-state index contributed by atoms with van der Waals surface area (Å²) < 4.78 is 0. The van der Waals surface area contributed by atoms with Gasteiger partial charge in [0.25, 0.3) is 0 Å². The molecule has 0 aromatic heterocycles. The predicted molar refractivity (Wildman–Crippen MR) is 78.0 cm³/mol. The lowest BCUT2D eigenvalue weighted by molar-refractivity contribution is -0.116. The van der Waals surface area contributed by atoms with Crippen LogP contribution >= 0.6 is 0 Å². The van der Waals surface area contributed by atoms with Crippen LogP contribution in [0.5, 0.6) is 0 Å². The Morgan fingerprint density at radius 2 is 1.83 bits per heavy atom. The number of hydrogen-bond donors (Lipinski definition) is 2. The van der Waals surface area contributed by atoms with Crippen molar-refractivity contribution in [3.63, 3.8) is 0 Å². The molecular weight excluding hydrogens is 224 g/mol. The van der Waals surface area contributed by atoms with Crippen LogP contribution in [0.3, 0.4) is 0 Å². The van der Waals surface area contributed by atoms with Gasteiger partial charge < -0.3 is 10.6 Å². The maximum absolute atomic E-state index is 11.5. The first-order chi connectivity index (χ1) is 8.69. The van der Waals surface area contributed by atoms with Crippen LogP contribution in [0.1, 0.15) is 46.5 Å². The van der Waals surface area contributed by atoms with Crippen molar-refractivity contribution in [3.8, 4) is 0 Å². The fourth-order valence-corrected chi connectivity index (χ4v) is 1.87. The van der Waals surface area contributed by atoms with E-state index in [-0.39, 0.29) is 5.91 Å². The van der Waals surface area contributed by atoms with Gasteiger partial charge in [-0.1, -0.05) is 26.8 Å². The van der Waals surface area contributed by atoms with E-state index in [1.165, 1.54) is 0 Å². The molecule has 0 radical (unpaired) electrons. The number of carbonyl (C=O) groups excluding carboxylic acids is 1. The Kier molecular flexibility index (Phi) is 6.26. The van der Waals surface area contributed by atoms with Gasteiger partial charge in [0.05, 0.1) is 0 Å². The summed E-state index contributed by atoms with van der Waals surface area (Å²) in [6.07, 6.45) is 3.65. The molecule has 1 amide bonds. The van der Waals surface area contributed by atoms with Crippen molar-refractivity contribution < 1.29 is 4.79 Å². The molecule has 2 N–H and O–H groups in total. The molecule has 100 valence electrons. The first-order valence-electron chi connectivity index (χ1n) is 6.86. The number of benzene rings is 1. The fourth-order valence-electron chi connectivity index (χ4n) is 1.87. The maximum atomic E-state index is 11.5. The van der Waals surface area contributed by atoms with Crippen molar-refractivity contribution in [2.45, 2.75) is 52.5 Å². The summed E-state index contributed by atoms with van der Waals surface area (Å²) in [5.41, 5.74) is 1.93. The smallest absolute Gasteiger partial charge is 0.224 e. The van der Waals surface area contributed by atoms with E-state index < -0.39 is 0 Å². The molecule has 1 aromatic rings. The van der Waals surface area contributed by atoms with Crippen LogP contribution in [-0.2, 0) is 4.79 Å². The van der Waals surface area contributed by atoms with Gasteiger partial charge >= 0.3 is 0 Å². The Morgan fingerprint density at radius 1 is 1.17 bits per heavy atom. The van der Waals surface area contributed by atoms with Crippen molar-refractivity contribution in [1.82, 2.24) is 0 Å². The standard InChI is InChI=1S/C15H24N2O/c1-4-8-15(18)17-14-10-7-9-13(11-14)16-12(5-2)6-3/h7,9-12,16H,4-6,8H2,1-3H3,(H,17,18). The molecule has 18 heavy (non-hydrogen) atoms. The highest BCUT2D eigenvalue weighted by molar-refractivity contribution is 5.91. The highest BCUT2D eigenvalue weighted by Crippen LogP contribution is 2.17. The SMILES string of the molecule is CCCC(=O)Nc1cccc(NC(CC)CC)c1. The van der Waals surface area contributed by atoms with E-state index in [0.29, 0.717) is 12.5 Å². The second kappa shape index (κ2) is 7.75. The van der Waals surface area contributed by atoms with E-state index in [9.17, 15) is 4.79 Å². The summed E-state index contributed by atoms with van der Waals surface area (Å²) in [7, 11) is 0. The molecule has 0 aliphatic heterocycles. The highest BCUT2D eigenvalue weighted by Gasteiger charge is 2.05. The van der Waals surface area contributed by atoms with Crippen molar-refractivity contribution >= 4 is 17.3 Å². The monoisotopic (exact) mass is 248 g/mol. The zero-order valence-corrected chi connectivity index (χ0v) is 11.6. The van der Waals surface area contributed by atoms with Gasteiger partial charge in [-0.3, -0.25) is 4.79 Å². The largest absolute Gasteiger partial charge is 0.382 e. The number of rotatable bonds is 7. The lowest BCUT2D eigenvalue weighted by atomic mass is 10.1. The van der Waals surface area contributed by atoms with Crippen LogP contribution in [0.15, 0.2) is 24.3 Å². The van der Waals surface area contributed by atoms with Gasteiger partial charge in [0.1, 0.15) is 0 Å². The summed E-state index contributed by atoms with van der Waals surface area (Å²) in [6.45, 7) is 6.35. The van der Waals surface area contributed by atoms with Gasteiger partial charge in [-0.15, -0.1) is 0 Å². The fraction of sp³-hybridized carbons (Fsp3) is 0.533. The average molecular weight is 248 g/mol. The lowest BCUT2D eigenvalue weighted by Gasteiger charge is -2.17. The van der Waals surface area contributed by atoms with Crippen LogP contribution in [0, 0.1) is 0 Å². The van der Waals surface area contributed by atoms with Gasteiger partial charge in [0, 0.05) is 23.8 Å². The van der Waals surface area contributed by atoms with E-state index in [1.54, 1.807) is 0 Å². The topological polar surface area (TPSA) is 41.1 Å². The van der Waals surface area contributed by atoms with E-state index in [1.807, 2.05) is 31.2 Å². The first-order valence-corrected chi connectivity index (χ1v) is 6.86. The molecule has 0 fully saturated rings. The second-order valence-electron chi connectivity index (χ2n) is 4.54. The molecule has 1 rings (SSSR count). The minimum absolute atomic E-state index is 0.0807. The number of anilines is 2. The van der Waals surface area contributed by atoms with E-state index in [4.69, 9.17) is 0 Å². The molecule has 0 saturated carbocycles. The minimum atomic E-state index is 0.0807. The molecular formula is C15H24N2O. The summed E-state index contributed by atoms with van der Waals surface area (Å²) in [5, 5.41) is 6.39. The molecule has 0 unspecified atom stereocenters. The molecule has 0 aliphatic carbocycles. The van der Waals surface area contributed by atoms with Gasteiger partial charge in [-0.25, -0.2) is 0 Å². The van der Waals surface area contributed by atoms with Crippen molar-refractivity contribution in [3.05, 3.63) is 24.3 Å². The Labute approximate surface area is 110 Å². The summed E-state index contributed by atoms with van der Waals surface area (Å²) >= 11 is 0. The number of amides is 1. The lowest BCUT2D eigenvalue weighted by Crippen LogP contribution is -2.17. The maximum Gasteiger partial charge on any atom is 0.224 e. The van der Waals surface area contributed by atoms with E-state index in [0.717, 1.165) is 30.6 Å². The zero-order valence-electron chi connectivity index (χ0n) is 11.6. The van der Waals surface area contributed by atoms with Crippen LogP contribution in [0.2, 0.25) is 0 Å². The highest BCUT2D eigenvalue weighted by atomic mass is 16.1. The molecule has 0 saturated heterocycles. The normalized spacial score (nSPS) is 10.4. The Hall–Kier alpha value is -1.51. The second-order valence-corrected chi connectivity index (χ2v) is 4.54. The summed E-state index contributed by atoms with van der Waals surface area (Å²) in [6, 6.07) is 8.41. The predicted octanol–water partition coefficient (Wildman–Crippen LogP) is 4.03. The zero-order chi connectivity index (χ0) is 13.4. The van der Waals surface area contributed by atoms with Gasteiger partial charge in [-0.05, 0) is 37.5 Å². The molecule has 3 heteroatoms. The number of hydrogen-bond acceptors (Lipinski definition) is 2. The van der Waals surface area contributed by atoms with Crippen molar-refractivity contribution in [2.75, 3.05) is 10.6 Å². The third kappa shape index (κ3) is 4.78. The van der Waals surface area contributed by atoms with Crippen LogP contribution in [-0.4, -0.2) is 11.9 Å². The average Bonchev–Trinajstić information content (AvgIpc) is 2.36. The van der Waals surface area contributed by atoms with Crippen molar-refractivity contribution in [1.29, 1.82) is 0 Å². The van der Waals surface area contributed by atoms with Gasteiger partial charge in [0.2, 0.25) is 5.91 Å². The van der Waals surface area contributed by atoms with Crippen molar-refractivity contribution in [2.24, 2.45) is 0 Å². The van der Waals surface area contributed by atoms with E-state index >= 15 is 0 Å². The first kappa shape index (κ1) is 14.6. The van der Waals surface area contributed by atoms with Gasteiger partial charge in [-0.2, -0.15) is 0 Å². The molecule has 0 heterocycles. The third-order valence-electron chi connectivity index (χ3n) is 2.98.